The van der Waals surface area contributed by atoms with Crippen LogP contribution in [0.25, 0.3) is 0 Å². The van der Waals surface area contributed by atoms with Crippen molar-refractivity contribution in [3.05, 3.63) is 39.9 Å². The molecule has 0 fully saturated rings. The number of rotatable bonds is 4. The van der Waals surface area contributed by atoms with Crippen LogP contribution in [0.1, 0.15) is 24.2 Å². The maximum Gasteiger partial charge on any atom is 0.321 e. The molecule has 1 aromatic rings. The van der Waals surface area contributed by atoms with Gasteiger partial charge in [0, 0.05) is 24.2 Å². The molecule has 0 aliphatic heterocycles. The summed E-state index contributed by atoms with van der Waals surface area (Å²) < 4.78 is 0. The Bertz CT molecular complexity index is 482. The summed E-state index contributed by atoms with van der Waals surface area (Å²) in [6, 6.07) is 4.42. The fourth-order valence-electron chi connectivity index (χ4n) is 1.25. The van der Waals surface area contributed by atoms with Crippen LogP contribution in [0, 0.1) is 16.0 Å². The van der Waals surface area contributed by atoms with Crippen molar-refractivity contribution in [2.75, 3.05) is 6.54 Å². The van der Waals surface area contributed by atoms with Gasteiger partial charge in [-0.3, -0.25) is 20.2 Å². The summed E-state index contributed by atoms with van der Waals surface area (Å²) in [6.07, 6.45) is 0. The highest BCUT2D eigenvalue weighted by atomic mass is 16.6. The lowest BCUT2D eigenvalue weighted by molar-refractivity contribution is -0.384. The van der Waals surface area contributed by atoms with Gasteiger partial charge < -0.3 is 5.32 Å². The van der Waals surface area contributed by atoms with Crippen LogP contribution < -0.4 is 10.6 Å². The Morgan fingerprint density at radius 3 is 2.32 bits per heavy atom. The molecule has 0 atom stereocenters. The predicted molar refractivity (Wildman–Crippen MR) is 68.8 cm³/mol. The number of nitrogens with one attached hydrogen (secondary N) is 2. The van der Waals surface area contributed by atoms with Gasteiger partial charge in [0.25, 0.3) is 11.6 Å². The molecule has 7 heteroatoms. The monoisotopic (exact) mass is 265 g/mol. The van der Waals surface area contributed by atoms with Gasteiger partial charge in [-0.05, 0) is 18.1 Å². The summed E-state index contributed by atoms with van der Waals surface area (Å²) in [7, 11) is 0. The number of carbonyl (C=O) groups is 2. The Kier molecular flexibility index (Phi) is 4.99. The van der Waals surface area contributed by atoms with Crippen LogP contribution >= 0.6 is 0 Å². The lowest BCUT2D eigenvalue weighted by atomic mass is 10.2. The van der Waals surface area contributed by atoms with Crippen LogP contribution in [0.3, 0.4) is 0 Å². The summed E-state index contributed by atoms with van der Waals surface area (Å²) in [5.41, 5.74) is 0.0751. The Morgan fingerprint density at radius 2 is 1.84 bits per heavy atom. The standard InChI is InChI=1S/C12H15N3O4/c1-8(2)7-13-12(17)14-11(16)9-3-5-10(6-4-9)15(18)19/h3-6,8H,7H2,1-2H3,(H2,13,14,16,17). The van der Waals surface area contributed by atoms with Crippen molar-refractivity contribution in [2.24, 2.45) is 5.92 Å². The largest absolute Gasteiger partial charge is 0.338 e. The van der Waals surface area contributed by atoms with Gasteiger partial charge in [-0.2, -0.15) is 0 Å². The summed E-state index contributed by atoms with van der Waals surface area (Å²) in [6.45, 7) is 4.32. The normalized spacial score (nSPS) is 10.1. The first kappa shape index (κ1) is 14.6. The van der Waals surface area contributed by atoms with E-state index < -0.39 is 16.9 Å². The number of carbonyl (C=O) groups excluding carboxylic acids is 2. The van der Waals surface area contributed by atoms with Crippen molar-refractivity contribution < 1.29 is 14.5 Å². The third-order valence-corrected chi connectivity index (χ3v) is 2.24. The van der Waals surface area contributed by atoms with Crippen molar-refractivity contribution in [1.29, 1.82) is 0 Å². The van der Waals surface area contributed by atoms with E-state index in [4.69, 9.17) is 0 Å². The zero-order chi connectivity index (χ0) is 14.4. The van der Waals surface area contributed by atoms with E-state index in [1.807, 2.05) is 13.8 Å². The van der Waals surface area contributed by atoms with Crippen LogP contribution in [0.15, 0.2) is 24.3 Å². The highest BCUT2D eigenvalue weighted by Crippen LogP contribution is 2.11. The zero-order valence-corrected chi connectivity index (χ0v) is 10.7. The summed E-state index contributed by atoms with van der Waals surface area (Å²) in [5, 5.41) is 15.1. The lowest BCUT2D eigenvalue weighted by Gasteiger charge is -2.08. The number of imide groups is 1. The molecule has 0 bridgehead atoms. The number of hydrogen-bond donors (Lipinski definition) is 2. The summed E-state index contributed by atoms with van der Waals surface area (Å²) >= 11 is 0. The molecule has 0 aliphatic rings. The van der Waals surface area contributed by atoms with Crippen LogP contribution in [0.4, 0.5) is 10.5 Å². The maximum atomic E-state index is 11.6. The first-order chi connectivity index (χ1) is 8.90. The van der Waals surface area contributed by atoms with E-state index in [0.717, 1.165) is 0 Å². The first-order valence-corrected chi connectivity index (χ1v) is 5.73. The molecule has 0 heterocycles. The molecule has 102 valence electrons. The van der Waals surface area contributed by atoms with Crippen molar-refractivity contribution >= 4 is 17.6 Å². The highest BCUT2D eigenvalue weighted by molar-refractivity contribution is 6.04. The van der Waals surface area contributed by atoms with E-state index in [2.05, 4.69) is 10.6 Å². The van der Waals surface area contributed by atoms with Gasteiger partial charge in [-0.15, -0.1) is 0 Å². The number of hydrogen-bond acceptors (Lipinski definition) is 4. The third-order valence-electron chi connectivity index (χ3n) is 2.24. The highest BCUT2D eigenvalue weighted by Gasteiger charge is 2.12. The average Bonchev–Trinajstić information content (AvgIpc) is 2.36. The minimum absolute atomic E-state index is 0.110. The molecule has 0 spiro atoms. The second kappa shape index (κ2) is 6.48. The SMILES string of the molecule is CC(C)CNC(=O)NC(=O)c1ccc([N+](=O)[O-])cc1. The van der Waals surface area contributed by atoms with E-state index in [1.165, 1.54) is 24.3 Å². The van der Waals surface area contributed by atoms with E-state index in [0.29, 0.717) is 6.54 Å². The van der Waals surface area contributed by atoms with Gasteiger partial charge in [-0.1, -0.05) is 13.8 Å². The van der Waals surface area contributed by atoms with Crippen LogP contribution in [0.5, 0.6) is 0 Å². The maximum absolute atomic E-state index is 11.6. The molecule has 2 N–H and O–H groups in total. The van der Waals surface area contributed by atoms with Crippen molar-refractivity contribution in [3.8, 4) is 0 Å². The predicted octanol–water partition coefficient (Wildman–Crippen LogP) is 1.69. The molecule has 0 radical (unpaired) electrons. The summed E-state index contributed by atoms with van der Waals surface area (Å²) in [4.78, 5) is 32.9. The molecule has 19 heavy (non-hydrogen) atoms. The number of benzene rings is 1. The van der Waals surface area contributed by atoms with E-state index in [-0.39, 0.29) is 17.2 Å². The molecule has 7 nitrogen and oxygen atoms in total. The number of nitrogens with zero attached hydrogens (tertiary/aromatic N) is 1. The van der Waals surface area contributed by atoms with Crippen LogP contribution in [-0.4, -0.2) is 23.4 Å². The van der Waals surface area contributed by atoms with Crippen molar-refractivity contribution in [2.45, 2.75) is 13.8 Å². The van der Waals surface area contributed by atoms with E-state index in [9.17, 15) is 19.7 Å². The number of urea groups is 1. The molecule has 1 aromatic carbocycles. The first-order valence-electron chi connectivity index (χ1n) is 5.73. The quantitative estimate of drug-likeness (QED) is 0.638. The minimum Gasteiger partial charge on any atom is -0.338 e. The second-order valence-corrected chi connectivity index (χ2v) is 4.36. The van der Waals surface area contributed by atoms with Gasteiger partial charge in [0.1, 0.15) is 0 Å². The van der Waals surface area contributed by atoms with Crippen LogP contribution in [0.2, 0.25) is 0 Å². The molecule has 0 aliphatic carbocycles. The van der Waals surface area contributed by atoms with Gasteiger partial charge in [0.15, 0.2) is 0 Å². The number of nitro benzene ring substituents is 1. The van der Waals surface area contributed by atoms with Gasteiger partial charge in [-0.25, -0.2) is 4.79 Å². The molecule has 0 aromatic heterocycles. The molecular formula is C12H15N3O4. The van der Waals surface area contributed by atoms with E-state index >= 15 is 0 Å². The smallest absolute Gasteiger partial charge is 0.321 e. The Morgan fingerprint density at radius 1 is 1.26 bits per heavy atom. The molecule has 0 unspecified atom stereocenters. The van der Waals surface area contributed by atoms with Crippen LogP contribution in [-0.2, 0) is 0 Å². The number of nitro groups is 1. The second-order valence-electron chi connectivity index (χ2n) is 4.36. The van der Waals surface area contributed by atoms with E-state index in [1.54, 1.807) is 0 Å². The average molecular weight is 265 g/mol. The van der Waals surface area contributed by atoms with Gasteiger partial charge in [0.2, 0.25) is 0 Å². The molecule has 0 saturated carbocycles. The number of non-ortho nitro benzene ring substituents is 1. The third kappa shape index (κ3) is 4.74. The van der Waals surface area contributed by atoms with Gasteiger partial charge >= 0.3 is 6.03 Å². The lowest BCUT2D eigenvalue weighted by Crippen LogP contribution is -2.40. The topological polar surface area (TPSA) is 101 Å². The molecular weight excluding hydrogens is 250 g/mol. The van der Waals surface area contributed by atoms with Gasteiger partial charge in [0.05, 0.1) is 4.92 Å². The fourth-order valence-corrected chi connectivity index (χ4v) is 1.25. The molecule has 0 saturated heterocycles. The Labute approximate surface area is 110 Å². The zero-order valence-electron chi connectivity index (χ0n) is 10.7. The van der Waals surface area contributed by atoms with Crippen molar-refractivity contribution in [3.63, 3.8) is 0 Å². The Balaban J connectivity index is 2.58. The fraction of sp³-hybridized carbons (Fsp3) is 0.333. The Hall–Kier alpha value is -2.44. The molecule has 1 rings (SSSR count). The number of amides is 3. The summed E-state index contributed by atoms with van der Waals surface area (Å²) in [5.74, 6) is -0.323. The molecule has 3 amide bonds. The minimum atomic E-state index is -0.601. The van der Waals surface area contributed by atoms with Crippen molar-refractivity contribution in [1.82, 2.24) is 10.6 Å².